The molecule has 1 aromatic heterocycles. The molecule has 0 saturated carbocycles. The second-order valence-corrected chi connectivity index (χ2v) is 5.68. The summed E-state index contributed by atoms with van der Waals surface area (Å²) in [5, 5.41) is 1.32. The summed E-state index contributed by atoms with van der Waals surface area (Å²) < 4.78 is 2.37. The third-order valence-electron chi connectivity index (χ3n) is 4.45. The molecule has 0 spiro atoms. The van der Waals surface area contributed by atoms with E-state index in [9.17, 15) is 0 Å². The fourth-order valence-corrected chi connectivity index (χ4v) is 3.53. The van der Waals surface area contributed by atoms with Crippen molar-refractivity contribution in [2.45, 2.75) is 0 Å². The van der Waals surface area contributed by atoms with Gasteiger partial charge < -0.3 is 4.57 Å². The molecule has 1 aliphatic carbocycles. The zero-order chi connectivity index (χ0) is 14.5. The van der Waals surface area contributed by atoms with Gasteiger partial charge in [-0.05, 0) is 29.3 Å². The molecule has 4 aromatic rings. The molecular weight excluding hydrogens is 266 g/mol. The Hall–Kier alpha value is -2.80. The summed E-state index contributed by atoms with van der Waals surface area (Å²) in [4.78, 5) is 0. The Balaban J connectivity index is 1.93. The first-order valence-corrected chi connectivity index (χ1v) is 7.56. The van der Waals surface area contributed by atoms with Gasteiger partial charge in [0.05, 0.1) is 5.52 Å². The molecule has 1 nitrogen and oxygen atoms in total. The van der Waals surface area contributed by atoms with E-state index >= 15 is 0 Å². The number of benzene rings is 3. The molecular formula is C21H14N. The molecule has 0 unspecified atom stereocenters. The van der Waals surface area contributed by atoms with Crippen LogP contribution in [-0.4, -0.2) is 4.57 Å². The van der Waals surface area contributed by atoms with Gasteiger partial charge in [-0.3, -0.25) is 0 Å². The SMILES string of the molecule is [CH]1c2ccccc2-c2c1n(-c1ccccc1)c1ccccc21. The Morgan fingerprint density at radius 3 is 2.27 bits per heavy atom. The second kappa shape index (κ2) is 4.35. The lowest BCUT2D eigenvalue weighted by Crippen LogP contribution is -1.97. The Kier molecular flexibility index (Phi) is 2.33. The van der Waals surface area contributed by atoms with Crippen LogP contribution < -0.4 is 0 Å². The van der Waals surface area contributed by atoms with Crippen LogP contribution in [-0.2, 0) is 0 Å². The number of para-hydroxylation sites is 2. The van der Waals surface area contributed by atoms with Crippen molar-refractivity contribution in [3.8, 4) is 16.8 Å². The molecule has 1 aliphatic rings. The zero-order valence-corrected chi connectivity index (χ0v) is 12.0. The van der Waals surface area contributed by atoms with E-state index in [2.05, 4.69) is 89.9 Å². The van der Waals surface area contributed by atoms with Gasteiger partial charge in [0.2, 0.25) is 0 Å². The predicted molar refractivity (Wildman–Crippen MR) is 91.2 cm³/mol. The lowest BCUT2D eigenvalue weighted by Gasteiger charge is -2.09. The minimum Gasteiger partial charge on any atom is -0.312 e. The van der Waals surface area contributed by atoms with Crippen LogP contribution in [0.25, 0.3) is 27.7 Å². The number of fused-ring (bicyclic) bond motifs is 5. The second-order valence-electron chi connectivity index (χ2n) is 5.68. The van der Waals surface area contributed by atoms with E-state index in [1.54, 1.807) is 0 Å². The third kappa shape index (κ3) is 1.48. The molecule has 3 aromatic carbocycles. The standard InChI is InChI=1S/C21H14N/c1-2-9-16(10-3-1)22-19-13-7-6-12-18(19)21-17-11-5-4-8-15(17)14-20(21)22/h1-14H. The molecule has 0 atom stereocenters. The molecule has 1 radical (unpaired) electrons. The highest BCUT2D eigenvalue weighted by Gasteiger charge is 2.26. The molecule has 0 amide bonds. The highest BCUT2D eigenvalue weighted by molar-refractivity contribution is 6.03. The molecule has 0 aliphatic heterocycles. The van der Waals surface area contributed by atoms with Crippen LogP contribution in [0.1, 0.15) is 11.3 Å². The van der Waals surface area contributed by atoms with Crippen molar-refractivity contribution in [3.63, 3.8) is 0 Å². The minimum absolute atomic E-state index is 1.21. The van der Waals surface area contributed by atoms with E-state index in [1.807, 2.05) is 0 Å². The Morgan fingerprint density at radius 1 is 0.636 bits per heavy atom. The fourth-order valence-electron chi connectivity index (χ4n) is 3.53. The largest absolute Gasteiger partial charge is 0.312 e. The minimum atomic E-state index is 1.21. The molecule has 0 bridgehead atoms. The van der Waals surface area contributed by atoms with Crippen LogP contribution in [0.3, 0.4) is 0 Å². The van der Waals surface area contributed by atoms with E-state index < -0.39 is 0 Å². The van der Waals surface area contributed by atoms with Crippen LogP contribution in [0, 0.1) is 6.42 Å². The maximum absolute atomic E-state index is 2.37. The summed E-state index contributed by atoms with van der Waals surface area (Å²) >= 11 is 0. The molecule has 0 saturated heterocycles. The van der Waals surface area contributed by atoms with Crippen molar-refractivity contribution in [2.24, 2.45) is 0 Å². The fraction of sp³-hybridized carbons (Fsp3) is 0. The van der Waals surface area contributed by atoms with Crippen molar-refractivity contribution in [1.82, 2.24) is 4.57 Å². The Labute approximate surface area is 129 Å². The summed E-state index contributed by atoms with van der Waals surface area (Å²) in [6.07, 6.45) is 2.30. The molecule has 5 rings (SSSR count). The summed E-state index contributed by atoms with van der Waals surface area (Å²) in [6, 6.07) is 27.9. The number of hydrogen-bond donors (Lipinski definition) is 0. The highest BCUT2D eigenvalue weighted by atomic mass is 15.0. The maximum atomic E-state index is 2.37. The monoisotopic (exact) mass is 280 g/mol. The smallest absolute Gasteiger partial charge is 0.0538 e. The first-order valence-electron chi connectivity index (χ1n) is 7.56. The average Bonchev–Trinajstić information content (AvgIpc) is 3.10. The Bertz CT molecular complexity index is 978. The van der Waals surface area contributed by atoms with Crippen LogP contribution in [0.2, 0.25) is 0 Å². The van der Waals surface area contributed by atoms with Crippen molar-refractivity contribution in [1.29, 1.82) is 0 Å². The van der Waals surface area contributed by atoms with Gasteiger partial charge in [0.1, 0.15) is 0 Å². The van der Waals surface area contributed by atoms with Gasteiger partial charge in [-0.2, -0.15) is 0 Å². The number of hydrogen-bond acceptors (Lipinski definition) is 0. The molecule has 0 N–H and O–H groups in total. The van der Waals surface area contributed by atoms with Gasteiger partial charge in [0.25, 0.3) is 0 Å². The van der Waals surface area contributed by atoms with E-state index in [-0.39, 0.29) is 0 Å². The van der Waals surface area contributed by atoms with Gasteiger partial charge in [0.15, 0.2) is 0 Å². The topological polar surface area (TPSA) is 4.93 Å². The van der Waals surface area contributed by atoms with Gasteiger partial charge >= 0.3 is 0 Å². The lowest BCUT2D eigenvalue weighted by atomic mass is 10.0. The normalized spacial score (nSPS) is 12.4. The zero-order valence-electron chi connectivity index (χ0n) is 12.0. The first-order chi connectivity index (χ1) is 10.9. The van der Waals surface area contributed by atoms with E-state index in [0.717, 1.165) is 0 Å². The summed E-state index contributed by atoms with van der Waals surface area (Å²) in [6.45, 7) is 0. The quantitative estimate of drug-likeness (QED) is 0.397. The first kappa shape index (κ1) is 11.8. The van der Waals surface area contributed by atoms with Crippen LogP contribution >= 0.6 is 0 Å². The van der Waals surface area contributed by atoms with Gasteiger partial charge in [-0.15, -0.1) is 0 Å². The summed E-state index contributed by atoms with van der Waals surface area (Å²) in [7, 11) is 0. The highest BCUT2D eigenvalue weighted by Crippen LogP contribution is 2.45. The summed E-state index contributed by atoms with van der Waals surface area (Å²) in [5.74, 6) is 0. The van der Waals surface area contributed by atoms with Crippen LogP contribution in [0.4, 0.5) is 0 Å². The summed E-state index contributed by atoms with van der Waals surface area (Å²) in [5.41, 5.74) is 7.77. The molecule has 1 heterocycles. The van der Waals surface area contributed by atoms with E-state index in [4.69, 9.17) is 0 Å². The third-order valence-corrected chi connectivity index (χ3v) is 4.45. The van der Waals surface area contributed by atoms with Gasteiger partial charge in [-0.1, -0.05) is 60.7 Å². The molecule has 22 heavy (non-hydrogen) atoms. The van der Waals surface area contributed by atoms with Crippen molar-refractivity contribution >= 4 is 10.9 Å². The average molecular weight is 280 g/mol. The Morgan fingerprint density at radius 2 is 1.36 bits per heavy atom. The molecule has 1 heteroatoms. The van der Waals surface area contributed by atoms with Gasteiger partial charge in [0, 0.05) is 28.8 Å². The lowest BCUT2D eigenvalue weighted by molar-refractivity contribution is 1.08. The molecule has 0 fully saturated rings. The maximum Gasteiger partial charge on any atom is 0.0538 e. The van der Waals surface area contributed by atoms with Crippen molar-refractivity contribution in [3.05, 3.63) is 96.5 Å². The number of rotatable bonds is 1. The van der Waals surface area contributed by atoms with Crippen LogP contribution in [0.15, 0.2) is 78.9 Å². The van der Waals surface area contributed by atoms with E-state index in [1.165, 1.54) is 39.0 Å². The van der Waals surface area contributed by atoms with Crippen molar-refractivity contribution in [2.75, 3.05) is 0 Å². The van der Waals surface area contributed by atoms with E-state index in [0.29, 0.717) is 0 Å². The molecule has 103 valence electrons. The predicted octanol–water partition coefficient (Wildman–Crippen LogP) is 5.21. The van der Waals surface area contributed by atoms with Crippen LogP contribution in [0.5, 0.6) is 0 Å². The van der Waals surface area contributed by atoms with Crippen molar-refractivity contribution < 1.29 is 0 Å². The van der Waals surface area contributed by atoms with Gasteiger partial charge in [-0.25, -0.2) is 0 Å². The number of nitrogens with zero attached hydrogens (tertiary/aromatic N) is 1. The number of aromatic nitrogens is 1.